The Hall–Kier alpha value is -2.23. The Labute approximate surface area is 130 Å². The lowest BCUT2D eigenvalue weighted by Crippen LogP contribution is -2.48. The van der Waals surface area contributed by atoms with Crippen LogP contribution in [0.5, 0.6) is 0 Å². The number of aliphatic hydroxyl groups excluding tert-OH is 1. The number of aliphatic imine (C=N–C) groups is 2. The summed E-state index contributed by atoms with van der Waals surface area (Å²) in [5.41, 5.74) is 2.42. The van der Waals surface area contributed by atoms with Crippen LogP contribution in [0.15, 0.2) is 22.1 Å². The highest BCUT2D eigenvalue weighted by molar-refractivity contribution is 5.86. The van der Waals surface area contributed by atoms with Crippen molar-refractivity contribution in [2.75, 3.05) is 24.6 Å². The molecule has 0 unspecified atom stereocenters. The number of morpholine rings is 1. The number of ether oxygens (including phenoxy) is 1. The molecule has 1 aliphatic rings. The molecular formula is C16H20N4O2. The summed E-state index contributed by atoms with van der Waals surface area (Å²) in [5, 5.41) is 18.6. The van der Waals surface area contributed by atoms with Gasteiger partial charge in [-0.2, -0.15) is 5.26 Å². The molecule has 2 atom stereocenters. The quantitative estimate of drug-likeness (QED) is 0.864. The van der Waals surface area contributed by atoms with Gasteiger partial charge < -0.3 is 14.7 Å². The van der Waals surface area contributed by atoms with Crippen LogP contribution in [0.2, 0.25) is 0 Å². The van der Waals surface area contributed by atoms with Crippen molar-refractivity contribution >= 4 is 30.0 Å². The minimum Gasteiger partial charge on any atom is -0.394 e. The van der Waals surface area contributed by atoms with Crippen molar-refractivity contribution in [2.24, 2.45) is 9.98 Å². The lowest BCUT2D eigenvalue weighted by Gasteiger charge is -2.38. The van der Waals surface area contributed by atoms with E-state index >= 15 is 0 Å². The van der Waals surface area contributed by atoms with Crippen LogP contribution in [-0.2, 0) is 4.74 Å². The first kappa shape index (κ1) is 16.1. The van der Waals surface area contributed by atoms with E-state index in [1.165, 1.54) is 0 Å². The van der Waals surface area contributed by atoms with Gasteiger partial charge in [-0.25, -0.2) is 0 Å². The molecule has 1 saturated heterocycles. The number of anilines is 1. The van der Waals surface area contributed by atoms with E-state index in [-0.39, 0.29) is 18.8 Å². The maximum atomic E-state index is 9.37. The zero-order valence-corrected chi connectivity index (χ0v) is 12.9. The highest BCUT2D eigenvalue weighted by Gasteiger charge is 2.27. The third kappa shape index (κ3) is 3.16. The van der Waals surface area contributed by atoms with Gasteiger partial charge in [0.2, 0.25) is 0 Å². The maximum Gasteiger partial charge on any atom is 0.112 e. The van der Waals surface area contributed by atoms with Crippen molar-refractivity contribution in [3.8, 4) is 6.07 Å². The van der Waals surface area contributed by atoms with Gasteiger partial charge >= 0.3 is 0 Å². The molecule has 1 N–H and O–H groups in total. The molecule has 0 aliphatic carbocycles. The fourth-order valence-corrected chi connectivity index (χ4v) is 2.67. The maximum absolute atomic E-state index is 9.37. The summed E-state index contributed by atoms with van der Waals surface area (Å²) in [5.74, 6) is 0. The Bertz CT molecular complexity index is 621. The molecule has 1 fully saturated rings. The fourth-order valence-electron chi connectivity index (χ4n) is 2.67. The minimum atomic E-state index is -0.241. The van der Waals surface area contributed by atoms with Crippen molar-refractivity contribution in [2.45, 2.75) is 26.1 Å². The first-order valence-electron chi connectivity index (χ1n) is 7.18. The van der Waals surface area contributed by atoms with Gasteiger partial charge in [-0.3, -0.25) is 9.98 Å². The topological polar surface area (TPSA) is 81.2 Å². The zero-order chi connectivity index (χ0) is 16.1. The Morgan fingerprint density at radius 1 is 1.50 bits per heavy atom. The average Bonchev–Trinajstić information content (AvgIpc) is 2.53. The molecular weight excluding hydrogens is 280 g/mol. The molecule has 1 aliphatic heterocycles. The van der Waals surface area contributed by atoms with Gasteiger partial charge in [0, 0.05) is 19.3 Å². The van der Waals surface area contributed by atoms with E-state index in [0.29, 0.717) is 30.0 Å². The molecule has 1 aromatic rings. The minimum absolute atomic E-state index is 0.00247. The molecule has 1 heterocycles. The van der Waals surface area contributed by atoms with Crippen molar-refractivity contribution in [1.29, 1.82) is 5.26 Å². The van der Waals surface area contributed by atoms with E-state index in [0.717, 1.165) is 5.69 Å². The molecule has 0 amide bonds. The van der Waals surface area contributed by atoms with E-state index < -0.39 is 0 Å². The average molecular weight is 300 g/mol. The van der Waals surface area contributed by atoms with Crippen LogP contribution in [0.25, 0.3) is 0 Å². The van der Waals surface area contributed by atoms with Crippen LogP contribution >= 0.6 is 0 Å². The predicted octanol–water partition coefficient (Wildman–Crippen LogP) is 2.20. The van der Waals surface area contributed by atoms with Crippen LogP contribution in [0.1, 0.15) is 19.4 Å². The number of nitrogens with zero attached hydrogens (tertiary/aromatic N) is 4. The molecule has 0 spiro atoms. The summed E-state index contributed by atoms with van der Waals surface area (Å²) in [6.45, 7) is 8.58. The second kappa shape index (κ2) is 7.16. The standard InChI is InChI=1S/C16H20N4O2/c1-4-19-15-12(7-17)5-6-14(16(15)18-3)20-8-11(2)22-13(9-20)10-21/h4-6,11,13,21H,3,8-10H2,1-2H3/t11-,13-/m1/s1. The highest BCUT2D eigenvalue weighted by Crippen LogP contribution is 2.41. The monoisotopic (exact) mass is 300 g/mol. The largest absolute Gasteiger partial charge is 0.394 e. The van der Waals surface area contributed by atoms with Crippen molar-refractivity contribution in [3.05, 3.63) is 17.7 Å². The summed E-state index contributed by atoms with van der Waals surface area (Å²) in [7, 11) is 0. The zero-order valence-electron chi connectivity index (χ0n) is 12.9. The Morgan fingerprint density at radius 2 is 2.27 bits per heavy atom. The van der Waals surface area contributed by atoms with Gasteiger partial charge in [0.05, 0.1) is 30.1 Å². The summed E-state index contributed by atoms with van der Waals surface area (Å²) in [6, 6.07) is 5.72. The predicted molar refractivity (Wildman–Crippen MR) is 87.8 cm³/mol. The lowest BCUT2D eigenvalue weighted by atomic mass is 10.1. The molecule has 116 valence electrons. The number of aliphatic hydroxyl groups is 1. The molecule has 0 radical (unpaired) electrons. The smallest absolute Gasteiger partial charge is 0.112 e. The molecule has 22 heavy (non-hydrogen) atoms. The number of nitriles is 1. The lowest BCUT2D eigenvalue weighted by molar-refractivity contribution is -0.0420. The summed E-state index contributed by atoms with van der Waals surface area (Å²) >= 11 is 0. The van der Waals surface area contributed by atoms with Crippen molar-refractivity contribution in [1.82, 2.24) is 0 Å². The van der Waals surface area contributed by atoms with Crippen LogP contribution < -0.4 is 4.90 Å². The van der Waals surface area contributed by atoms with Crippen LogP contribution in [0.3, 0.4) is 0 Å². The normalized spacial score (nSPS) is 21.8. The molecule has 2 rings (SSSR count). The number of hydrogen-bond acceptors (Lipinski definition) is 6. The molecule has 6 nitrogen and oxygen atoms in total. The number of rotatable bonds is 4. The van der Waals surface area contributed by atoms with Gasteiger partial charge in [-0.15, -0.1) is 0 Å². The van der Waals surface area contributed by atoms with E-state index in [1.54, 1.807) is 19.2 Å². The van der Waals surface area contributed by atoms with Crippen molar-refractivity contribution in [3.63, 3.8) is 0 Å². The Morgan fingerprint density at radius 3 is 2.86 bits per heavy atom. The van der Waals surface area contributed by atoms with Gasteiger partial charge in [0.15, 0.2) is 0 Å². The SMILES string of the molecule is C=Nc1c(N2C[C@H](CO)O[C@H](C)C2)ccc(C#N)c1N=CC. The molecule has 0 aromatic heterocycles. The second-order valence-corrected chi connectivity index (χ2v) is 5.14. The molecule has 0 saturated carbocycles. The fraction of sp³-hybridized carbons (Fsp3) is 0.438. The molecule has 1 aromatic carbocycles. The van der Waals surface area contributed by atoms with E-state index in [1.807, 2.05) is 13.0 Å². The first-order valence-corrected chi connectivity index (χ1v) is 7.18. The van der Waals surface area contributed by atoms with Gasteiger partial charge in [0.25, 0.3) is 0 Å². The Balaban J connectivity index is 2.49. The van der Waals surface area contributed by atoms with Gasteiger partial charge in [-0.1, -0.05) is 0 Å². The number of benzene rings is 1. The van der Waals surface area contributed by atoms with E-state index in [4.69, 9.17) is 4.74 Å². The number of hydrogen-bond donors (Lipinski definition) is 1. The van der Waals surface area contributed by atoms with E-state index in [2.05, 4.69) is 27.7 Å². The first-order chi connectivity index (χ1) is 10.6. The second-order valence-electron chi connectivity index (χ2n) is 5.14. The summed E-state index contributed by atoms with van der Waals surface area (Å²) < 4.78 is 5.66. The van der Waals surface area contributed by atoms with Gasteiger partial charge in [0.1, 0.15) is 17.4 Å². The summed E-state index contributed by atoms with van der Waals surface area (Å²) in [4.78, 5) is 10.5. The van der Waals surface area contributed by atoms with Crippen LogP contribution in [0.4, 0.5) is 17.1 Å². The third-order valence-electron chi connectivity index (χ3n) is 3.54. The van der Waals surface area contributed by atoms with E-state index in [9.17, 15) is 10.4 Å². The summed E-state index contributed by atoms with van der Waals surface area (Å²) in [6.07, 6.45) is 1.39. The third-order valence-corrected chi connectivity index (χ3v) is 3.54. The van der Waals surface area contributed by atoms with Gasteiger partial charge in [-0.05, 0) is 32.7 Å². The van der Waals surface area contributed by atoms with Crippen molar-refractivity contribution < 1.29 is 9.84 Å². The Kier molecular flexibility index (Phi) is 5.26. The highest BCUT2D eigenvalue weighted by atomic mass is 16.5. The molecule has 6 heteroatoms. The molecule has 0 bridgehead atoms. The van der Waals surface area contributed by atoms with Crippen LogP contribution in [0, 0.1) is 11.3 Å². The van der Waals surface area contributed by atoms with Crippen LogP contribution in [-0.4, -0.2) is 49.9 Å².